The van der Waals surface area contributed by atoms with Gasteiger partial charge in [0.25, 0.3) is 0 Å². The Morgan fingerprint density at radius 3 is 2.34 bits per heavy atom. The molecule has 0 spiro atoms. The molecule has 3 N–H and O–H groups in total. The van der Waals surface area contributed by atoms with E-state index < -0.39 is 5.97 Å². The van der Waals surface area contributed by atoms with Crippen molar-refractivity contribution < 1.29 is 19.4 Å². The molecule has 38 heavy (non-hydrogen) atoms. The summed E-state index contributed by atoms with van der Waals surface area (Å²) in [6.45, 7) is 11.7. The molecule has 5 heteroatoms. The molecule has 210 valence electrons. The van der Waals surface area contributed by atoms with E-state index in [2.05, 4.69) is 34.6 Å². The summed E-state index contributed by atoms with van der Waals surface area (Å²) in [6.07, 6.45) is 13.4. The highest BCUT2D eigenvalue weighted by Gasteiger charge is 2.31. The number of anilines is 1. The van der Waals surface area contributed by atoms with Gasteiger partial charge in [-0.2, -0.15) is 0 Å². The van der Waals surface area contributed by atoms with E-state index in [4.69, 9.17) is 15.2 Å². The van der Waals surface area contributed by atoms with Crippen molar-refractivity contribution in [1.82, 2.24) is 0 Å². The number of nitrogen functional groups attached to an aromatic ring is 1. The van der Waals surface area contributed by atoms with Crippen LogP contribution in [0.5, 0.6) is 17.2 Å². The number of hydrogen-bond acceptors (Lipinski definition) is 5. The first kappa shape index (κ1) is 29.9. The third-order valence-electron chi connectivity index (χ3n) is 8.10. The fourth-order valence-electron chi connectivity index (χ4n) is 5.50. The van der Waals surface area contributed by atoms with Crippen LogP contribution >= 0.6 is 0 Å². The fraction of sp³-hybridized carbons (Fsp3) is 0.606. The maximum absolute atomic E-state index is 12.5. The molecular formula is C33H49NO4. The first-order valence-electron chi connectivity index (χ1n) is 14.7. The maximum Gasteiger partial charge on any atom is 0.345 e. The SMILES string of the molecule is CC(C)CCCC(C)CCCC(C)CCCC1(C)CCc2cc(OC(=O)c3cccc(O)c3N)ccc2O1. The number of benzene rings is 2. The molecule has 0 amide bonds. The molecule has 0 aromatic heterocycles. The molecule has 3 rings (SSSR count). The summed E-state index contributed by atoms with van der Waals surface area (Å²) >= 11 is 0. The number of rotatable bonds is 14. The van der Waals surface area contributed by atoms with Crippen LogP contribution in [-0.4, -0.2) is 16.7 Å². The van der Waals surface area contributed by atoms with Crippen molar-refractivity contribution in [2.24, 2.45) is 17.8 Å². The van der Waals surface area contributed by atoms with Crippen molar-refractivity contribution >= 4 is 11.7 Å². The van der Waals surface area contributed by atoms with Crippen molar-refractivity contribution in [2.45, 2.75) is 111 Å². The summed E-state index contributed by atoms with van der Waals surface area (Å²) in [5.41, 5.74) is 6.89. The summed E-state index contributed by atoms with van der Waals surface area (Å²) in [5.74, 6) is 3.04. The first-order chi connectivity index (χ1) is 18.1. The molecule has 3 atom stereocenters. The number of nitrogens with two attached hydrogens (primary N) is 1. The van der Waals surface area contributed by atoms with Crippen molar-refractivity contribution in [3.05, 3.63) is 47.5 Å². The smallest absolute Gasteiger partial charge is 0.345 e. The summed E-state index contributed by atoms with van der Waals surface area (Å²) in [5, 5.41) is 9.76. The first-order valence-corrected chi connectivity index (χ1v) is 14.7. The Morgan fingerprint density at radius 2 is 1.66 bits per heavy atom. The maximum atomic E-state index is 12.5. The minimum absolute atomic E-state index is 0.0236. The molecular weight excluding hydrogens is 474 g/mol. The number of hydrogen-bond donors (Lipinski definition) is 2. The number of ether oxygens (including phenoxy) is 2. The van der Waals surface area contributed by atoms with Crippen molar-refractivity contribution in [3.8, 4) is 17.2 Å². The highest BCUT2D eigenvalue weighted by Crippen LogP contribution is 2.38. The quantitative estimate of drug-likeness (QED) is 0.112. The van der Waals surface area contributed by atoms with Gasteiger partial charge in [0, 0.05) is 0 Å². The monoisotopic (exact) mass is 523 g/mol. The Morgan fingerprint density at radius 1 is 1.00 bits per heavy atom. The fourth-order valence-corrected chi connectivity index (χ4v) is 5.50. The number of carbonyl (C=O) groups is 1. The van der Waals surface area contributed by atoms with Gasteiger partial charge >= 0.3 is 5.97 Å². The lowest BCUT2D eigenvalue weighted by atomic mass is 9.86. The van der Waals surface area contributed by atoms with Crippen LogP contribution in [0.4, 0.5) is 5.69 Å². The van der Waals surface area contributed by atoms with E-state index in [-0.39, 0.29) is 22.6 Å². The van der Waals surface area contributed by atoms with E-state index in [1.165, 1.54) is 57.4 Å². The van der Waals surface area contributed by atoms with Crippen LogP contribution in [0.1, 0.15) is 115 Å². The van der Waals surface area contributed by atoms with Crippen LogP contribution < -0.4 is 15.2 Å². The molecule has 1 aliphatic rings. The molecule has 0 bridgehead atoms. The Labute approximate surface area is 230 Å². The van der Waals surface area contributed by atoms with E-state index >= 15 is 0 Å². The number of fused-ring (bicyclic) bond motifs is 1. The second-order valence-corrected chi connectivity index (χ2v) is 12.3. The highest BCUT2D eigenvalue weighted by molar-refractivity contribution is 5.97. The third-order valence-corrected chi connectivity index (χ3v) is 8.10. The molecule has 2 aromatic carbocycles. The zero-order chi connectivity index (χ0) is 27.7. The van der Waals surface area contributed by atoms with Crippen LogP contribution in [0.15, 0.2) is 36.4 Å². The number of phenols is 1. The average Bonchev–Trinajstić information content (AvgIpc) is 2.85. The van der Waals surface area contributed by atoms with Crippen molar-refractivity contribution in [3.63, 3.8) is 0 Å². The Bertz CT molecular complexity index is 1050. The van der Waals surface area contributed by atoms with Gasteiger partial charge in [-0.15, -0.1) is 0 Å². The van der Waals surface area contributed by atoms with Gasteiger partial charge in [-0.3, -0.25) is 0 Å². The van der Waals surface area contributed by atoms with Gasteiger partial charge in [0.05, 0.1) is 11.3 Å². The number of aryl methyl sites for hydroxylation is 1. The normalized spacial score (nSPS) is 18.5. The zero-order valence-corrected chi connectivity index (χ0v) is 24.2. The predicted molar refractivity (Wildman–Crippen MR) is 156 cm³/mol. The summed E-state index contributed by atoms with van der Waals surface area (Å²) in [7, 11) is 0. The minimum Gasteiger partial charge on any atom is -0.506 e. The van der Waals surface area contributed by atoms with Crippen LogP contribution in [0.25, 0.3) is 0 Å². The van der Waals surface area contributed by atoms with Gasteiger partial charge in [0.1, 0.15) is 22.8 Å². The van der Waals surface area contributed by atoms with Crippen molar-refractivity contribution in [2.75, 3.05) is 5.73 Å². The lowest BCUT2D eigenvalue weighted by molar-refractivity contribution is 0.0520. The number of esters is 1. The van der Waals surface area contributed by atoms with E-state index in [9.17, 15) is 9.90 Å². The summed E-state index contributed by atoms with van der Waals surface area (Å²) in [6, 6.07) is 10.1. The summed E-state index contributed by atoms with van der Waals surface area (Å²) < 4.78 is 12.0. The van der Waals surface area contributed by atoms with Crippen LogP contribution in [-0.2, 0) is 6.42 Å². The molecule has 1 aliphatic heterocycles. The predicted octanol–water partition coefficient (Wildman–Crippen LogP) is 8.72. The Kier molecular flexibility index (Phi) is 10.9. The number of carbonyl (C=O) groups excluding carboxylic acids is 1. The van der Waals surface area contributed by atoms with Gasteiger partial charge in [0.15, 0.2) is 0 Å². The second kappa shape index (κ2) is 13.9. The van der Waals surface area contributed by atoms with E-state index in [0.717, 1.165) is 48.3 Å². The van der Waals surface area contributed by atoms with Gasteiger partial charge in [-0.05, 0) is 86.3 Å². The topological polar surface area (TPSA) is 81.8 Å². The molecule has 1 heterocycles. The number of aromatic hydroxyl groups is 1. The minimum atomic E-state index is -0.588. The molecule has 0 saturated heterocycles. The lowest BCUT2D eigenvalue weighted by Gasteiger charge is -2.36. The number of para-hydroxylation sites is 1. The molecule has 0 saturated carbocycles. The van der Waals surface area contributed by atoms with Gasteiger partial charge < -0.3 is 20.3 Å². The van der Waals surface area contributed by atoms with Crippen LogP contribution in [0.3, 0.4) is 0 Å². The lowest BCUT2D eigenvalue weighted by Crippen LogP contribution is -2.36. The third kappa shape index (κ3) is 8.96. The van der Waals surface area contributed by atoms with E-state index in [1.54, 1.807) is 18.2 Å². The average molecular weight is 524 g/mol. The van der Waals surface area contributed by atoms with Gasteiger partial charge in [-0.1, -0.05) is 78.7 Å². The van der Waals surface area contributed by atoms with E-state index in [1.807, 2.05) is 12.1 Å². The molecule has 2 aromatic rings. The Balaban J connectivity index is 1.41. The molecule has 3 unspecified atom stereocenters. The largest absolute Gasteiger partial charge is 0.506 e. The molecule has 5 nitrogen and oxygen atoms in total. The summed E-state index contributed by atoms with van der Waals surface area (Å²) in [4.78, 5) is 12.5. The molecule has 0 aliphatic carbocycles. The Hall–Kier alpha value is -2.69. The van der Waals surface area contributed by atoms with Gasteiger partial charge in [-0.25, -0.2) is 4.79 Å². The number of phenolic OH excluding ortho intramolecular Hbond substituents is 1. The molecule has 0 radical (unpaired) electrons. The zero-order valence-electron chi connectivity index (χ0n) is 24.2. The second-order valence-electron chi connectivity index (χ2n) is 12.3. The van der Waals surface area contributed by atoms with Crippen LogP contribution in [0, 0.1) is 17.8 Å². The standard InChI is InChI=1S/C33H49NO4/c1-23(2)10-6-11-24(3)12-7-13-25(4)14-9-20-33(5)21-19-26-22-27(17-18-30(26)38-33)37-32(36)28-15-8-16-29(35)31(28)34/h8,15-18,22-25,35H,6-7,9-14,19-21,34H2,1-5H3. The van der Waals surface area contributed by atoms with Crippen molar-refractivity contribution in [1.29, 1.82) is 0 Å². The van der Waals surface area contributed by atoms with Crippen LogP contribution in [0.2, 0.25) is 0 Å². The molecule has 0 fully saturated rings. The highest BCUT2D eigenvalue weighted by atomic mass is 16.5. The van der Waals surface area contributed by atoms with Gasteiger partial charge in [0.2, 0.25) is 0 Å². The van der Waals surface area contributed by atoms with E-state index in [0.29, 0.717) is 5.75 Å².